The van der Waals surface area contributed by atoms with E-state index in [1.807, 2.05) is 13.8 Å². The molecule has 0 heterocycles. The average molecular weight is 402 g/mol. The molecule has 0 amide bonds. The molecule has 0 aromatic heterocycles. The van der Waals surface area contributed by atoms with E-state index in [9.17, 15) is 8.42 Å². The maximum absolute atomic E-state index is 12.5. The molecular weight excluding hydrogens is 380 g/mol. The summed E-state index contributed by atoms with van der Waals surface area (Å²) in [5, 5.41) is 0. The van der Waals surface area contributed by atoms with E-state index in [-0.39, 0.29) is 23.8 Å². The Morgan fingerprint density at radius 2 is 1.90 bits per heavy atom. The third-order valence-corrected chi connectivity index (χ3v) is 5.76. The molecule has 3 N–H and O–H groups in total. The summed E-state index contributed by atoms with van der Waals surface area (Å²) in [6.45, 7) is 4.09. The van der Waals surface area contributed by atoms with Crippen LogP contribution in [0.15, 0.2) is 27.6 Å². The zero-order valence-corrected chi connectivity index (χ0v) is 15.6. The standard InChI is InChI=1S/C13H21BrN2O3S.ClH/c1-4-13(5-2,9-15)16-20(17,18)10-6-7-11(14)12(8-10)19-3;/h6-8,16H,4-5,9,15H2,1-3H3;1H. The Labute approximate surface area is 141 Å². The number of hydrogen-bond donors (Lipinski definition) is 2. The fraction of sp³-hybridized carbons (Fsp3) is 0.538. The number of rotatable bonds is 7. The van der Waals surface area contributed by atoms with Gasteiger partial charge < -0.3 is 10.5 Å². The molecule has 0 atom stereocenters. The third kappa shape index (κ3) is 4.82. The summed E-state index contributed by atoms with van der Waals surface area (Å²) in [5.74, 6) is 0.472. The van der Waals surface area contributed by atoms with Crippen LogP contribution >= 0.6 is 28.3 Å². The van der Waals surface area contributed by atoms with Gasteiger partial charge in [-0.05, 0) is 40.9 Å². The summed E-state index contributed by atoms with van der Waals surface area (Å²) in [7, 11) is -2.14. The molecule has 0 aliphatic heterocycles. The van der Waals surface area contributed by atoms with E-state index in [1.165, 1.54) is 19.2 Å². The molecule has 0 spiro atoms. The zero-order chi connectivity index (χ0) is 15.4. The van der Waals surface area contributed by atoms with Crippen LogP contribution in [0.25, 0.3) is 0 Å². The molecule has 0 aliphatic rings. The Morgan fingerprint density at radius 3 is 2.33 bits per heavy atom. The Morgan fingerprint density at radius 1 is 1.33 bits per heavy atom. The quantitative estimate of drug-likeness (QED) is 0.736. The molecule has 1 aromatic carbocycles. The fourth-order valence-electron chi connectivity index (χ4n) is 1.88. The minimum atomic E-state index is -3.63. The van der Waals surface area contributed by atoms with Crippen LogP contribution in [0.5, 0.6) is 5.75 Å². The van der Waals surface area contributed by atoms with Crippen molar-refractivity contribution in [2.45, 2.75) is 37.1 Å². The van der Waals surface area contributed by atoms with E-state index in [4.69, 9.17) is 10.5 Å². The lowest BCUT2D eigenvalue weighted by Gasteiger charge is -2.31. The van der Waals surface area contributed by atoms with Gasteiger partial charge in [-0.3, -0.25) is 0 Å². The molecule has 0 bridgehead atoms. The Hall–Kier alpha value is -0.340. The summed E-state index contributed by atoms with van der Waals surface area (Å²) in [5.41, 5.74) is 5.12. The van der Waals surface area contributed by atoms with Gasteiger partial charge in [-0.1, -0.05) is 13.8 Å². The molecule has 21 heavy (non-hydrogen) atoms. The summed E-state index contributed by atoms with van der Waals surface area (Å²) in [6.07, 6.45) is 1.26. The van der Waals surface area contributed by atoms with Gasteiger partial charge in [0.15, 0.2) is 0 Å². The highest BCUT2D eigenvalue weighted by molar-refractivity contribution is 9.10. The maximum atomic E-state index is 12.5. The van der Waals surface area contributed by atoms with Gasteiger partial charge in [-0.2, -0.15) is 0 Å². The number of sulfonamides is 1. The highest BCUT2D eigenvalue weighted by atomic mass is 79.9. The second-order valence-electron chi connectivity index (χ2n) is 4.59. The first-order valence-electron chi connectivity index (χ1n) is 6.41. The lowest BCUT2D eigenvalue weighted by molar-refractivity contribution is 0.363. The molecule has 0 saturated carbocycles. The van der Waals surface area contributed by atoms with Gasteiger partial charge in [-0.25, -0.2) is 13.1 Å². The van der Waals surface area contributed by atoms with Crippen molar-refractivity contribution < 1.29 is 13.2 Å². The molecule has 1 rings (SSSR count). The molecule has 0 saturated heterocycles. The molecule has 1 aromatic rings. The topological polar surface area (TPSA) is 81.4 Å². The van der Waals surface area contributed by atoms with E-state index < -0.39 is 15.6 Å². The molecule has 8 heteroatoms. The molecule has 122 valence electrons. The van der Waals surface area contributed by atoms with E-state index in [1.54, 1.807) is 6.07 Å². The molecule has 0 radical (unpaired) electrons. The first kappa shape index (κ1) is 20.7. The largest absolute Gasteiger partial charge is 0.496 e. The maximum Gasteiger partial charge on any atom is 0.241 e. The zero-order valence-electron chi connectivity index (χ0n) is 12.3. The SMILES string of the molecule is CCC(CC)(CN)NS(=O)(=O)c1ccc(Br)c(OC)c1.Cl. The molecular formula is C13H22BrClN2O3S. The van der Waals surface area contributed by atoms with E-state index in [0.29, 0.717) is 23.1 Å². The summed E-state index contributed by atoms with van der Waals surface area (Å²) in [6, 6.07) is 4.66. The molecule has 5 nitrogen and oxygen atoms in total. The van der Waals surface area contributed by atoms with Crippen molar-refractivity contribution in [2.24, 2.45) is 5.73 Å². The van der Waals surface area contributed by atoms with Gasteiger partial charge in [0.1, 0.15) is 5.75 Å². The van der Waals surface area contributed by atoms with Gasteiger partial charge in [-0.15, -0.1) is 12.4 Å². The van der Waals surface area contributed by atoms with Crippen molar-refractivity contribution in [3.05, 3.63) is 22.7 Å². The number of nitrogens with one attached hydrogen (secondary N) is 1. The van der Waals surface area contributed by atoms with Crippen LogP contribution in [0.4, 0.5) is 0 Å². The van der Waals surface area contributed by atoms with Crippen molar-refractivity contribution in [1.29, 1.82) is 0 Å². The van der Waals surface area contributed by atoms with Gasteiger partial charge >= 0.3 is 0 Å². The van der Waals surface area contributed by atoms with Crippen LogP contribution in [0.3, 0.4) is 0 Å². The van der Waals surface area contributed by atoms with Crippen LogP contribution in [0.1, 0.15) is 26.7 Å². The fourth-order valence-corrected chi connectivity index (χ4v) is 3.85. The van der Waals surface area contributed by atoms with Crippen molar-refractivity contribution in [1.82, 2.24) is 4.72 Å². The van der Waals surface area contributed by atoms with Crippen molar-refractivity contribution in [2.75, 3.05) is 13.7 Å². The summed E-state index contributed by atoms with van der Waals surface area (Å²) in [4.78, 5) is 0.164. The van der Waals surface area contributed by atoms with Gasteiger partial charge in [0.05, 0.1) is 16.5 Å². The third-order valence-electron chi connectivity index (χ3n) is 3.53. The number of halogens is 2. The van der Waals surface area contributed by atoms with Crippen molar-refractivity contribution >= 4 is 38.4 Å². The van der Waals surface area contributed by atoms with Gasteiger partial charge in [0.2, 0.25) is 10.0 Å². The Bertz CT molecular complexity index is 554. The number of benzene rings is 1. The number of hydrogen-bond acceptors (Lipinski definition) is 4. The Balaban J connectivity index is 0.00000400. The van der Waals surface area contributed by atoms with E-state index in [0.717, 1.165) is 0 Å². The lowest BCUT2D eigenvalue weighted by atomic mass is 9.95. The second-order valence-corrected chi connectivity index (χ2v) is 7.13. The number of nitrogens with two attached hydrogens (primary N) is 1. The first-order chi connectivity index (χ1) is 9.34. The van der Waals surface area contributed by atoms with Crippen LogP contribution in [0.2, 0.25) is 0 Å². The van der Waals surface area contributed by atoms with E-state index >= 15 is 0 Å². The second kappa shape index (κ2) is 8.33. The normalized spacial score (nSPS) is 11.9. The minimum Gasteiger partial charge on any atom is -0.496 e. The predicted molar refractivity (Wildman–Crippen MR) is 90.6 cm³/mol. The molecule has 0 fully saturated rings. The highest BCUT2D eigenvalue weighted by Crippen LogP contribution is 2.28. The predicted octanol–water partition coefficient (Wildman–Crippen LogP) is 2.68. The Kier molecular flexibility index (Phi) is 8.20. The average Bonchev–Trinajstić information content (AvgIpc) is 2.45. The van der Waals surface area contributed by atoms with E-state index in [2.05, 4.69) is 20.7 Å². The van der Waals surface area contributed by atoms with Crippen LogP contribution < -0.4 is 15.2 Å². The van der Waals surface area contributed by atoms with Gasteiger partial charge in [0.25, 0.3) is 0 Å². The summed E-state index contributed by atoms with van der Waals surface area (Å²) < 4.78 is 33.5. The van der Waals surface area contributed by atoms with Crippen molar-refractivity contribution in [3.63, 3.8) is 0 Å². The monoisotopic (exact) mass is 400 g/mol. The first-order valence-corrected chi connectivity index (χ1v) is 8.69. The van der Waals surface area contributed by atoms with Crippen LogP contribution in [-0.4, -0.2) is 27.6 Å². The highest BCUT2D eigenvalue weighted by Gasteiger charge is 2.31. The number of ether oxygens (including phenoxy) is 1. The van der Waals surface area contributed by atoms with Crippen molar-refractivity contribution in [3.8, 4) is 5.75 Å². The van der Waals surface area contributed by atoms with Gasteiger partial charge in [0, 0.05) is 18.2 Å². The molecule has 0 aliphatic carbocycles. The van der Waals surface area contributed by atoms with Crippen LogP contribution in [0, 0.1) is 0 Å². The van der Waals surface area contributed by atoms with Crippen LogP contribution in [-0.2, 0) is 10.0 Å². The summed E-state index contributed by atoms with van der Waals surface area (Å²) >= 11 is 3.30. The smallest absolute Gasteiger partial charge is 0.241 e. The molecule has 0 unspecified atom stereocenters. The lowest BCUT2D eigenvalue weighted by Crippen LogP contribution is -2.52. The number of methoxy groups -OCH3 is 1. The minimum absolute atomic E-state index is 0.